The van der Waals surface area contributed by atoms with Gasteiger partial charge in [0, 0.05) is 50.2 Å². The molecule has 2 aliphatic heterocycles. The summed E-state index contributed by atoms with van der Waals surface area (Å²) in [4.78, 5) is 22.7. The van der Waals surface area contributed by atoms with Crippen molar-refractivity contribution in [1.82, 2.24) is 14.8 Å². The lowest BCUT2D eigenvalue weighted by atomic mass is 10.1. The summed E-state index contributed by atoms with van der Waals surface area (Å²) >= 11 is 1.75. The average molecular weight is 343 g/mol. The lowest BCUT2D eigenvalue weighted by Gasteiger charge is -2.35. The Hall–Kier alpha value is -1.92. The SMILES string of the molecule is Cc1ncc(CN2CCN(C(=O)[C@@H]3Cc4ccccc4O3)CC2)s1. The first-order valence-electron chi connectivity index (χ1n) is 8.36. The molecule has 0 saturated carbocycles. The van der Waals surface area contributed by atoms with Crippen molar-refractivity contribution in [3.63, 3.8) is 0 Å². The van der Waals surface area contributed by atoms with E-state index in [1.54, 1.807) is 11.3 Å². The molecule has 1 amide bonds. The first kappa shape index (κ1) is 15.6. The number of piperazine rings is 1. The number of hydrogen-bond donors (Lipinski definition) is 0. The third kappa shape index (κ3) is 3.16. The Balaban J connectivity index is 1.31. The minimum Gasteiger partial charge on any atom is -0.480 e. The molecule has 0 bridgehead atoms. The molecule has 1 atom stereocenters. The Kier molecular flexibility index (Phi) is 4.24. The molecule has 24 heavy (non-hydrogen) atoms. The molecule has 5 nitrogen and oxygen atoms in total. The number of para-hydroxylation sites is 1. The van der Waals surface area contributed by atoms with Gasteiger partial charge in [-0.2, -0.15) is 0 Å². The van der Waals surface area contributed by atoms with Crippen LogP contribution in [0.4, 0.5) is 0 Å². The van der Waals surface area contributed by atoms with Gasteiger partial charge in [-0.05, 0) is 18.6 Å². The fourth-order valence-corrected chi connectivity index (χ4v) is 4.19. The highest BCUT2D eigenvalue weighted by Gasteiger charge is 2.33. The number of ether oxygens (including phenoxy) is 1. The van der Waals surface area contributed by atoms with Gasteiger partial charge in [-0.3, -0.25) is 9.69 Å². The monoisotopic (exact) mass is 343 g/mol. The van der Waals surface area contributed by atoms with E-state index in [0.29, 0.717) is 6.42 Å². The molecule has 3 heterocycles. The van der Waals surface area contributed by atoms with Crippen molar-refractivity contribution >= 4 is 17.2 Å². The highest BCUT2D eigenvalue weighted by Crippen LogP contribution is 2.29. The third-order valence-electron chi connectivity index (χ3n) is 4.66. The summed E-state index contributed by atoms with van der Waals surface area (Å²) in [6.45, 7) is 6.31. The Morgan fingerprint density at radius 1 is 1.29 bits per heavy atom. The number of carbonyl (C=O) groups excluding carboxylic acids is 1. The first-order valence-corrected chi connectivity index (χ1v) is 9.18. The van der Waals surface area contributed by atoms with Gasteiger partial charge in [-0.25, -0.2) is 4.98 Å². The number of carbonyl (C=O) groups is 1. The third-order valence-corrected chi connectivity index (χ3v) is 5.55. The molecule has 0 unspecified atom stereocenters. The summed E-state index contributed by atoms with van der Waals surface area (Å²) in [5.41, 5.74) is 1.13. The van der Waals surface area contributed by atoms with Gasteiger partial charge in [0.1, 0.15) is 5.75 Å². The Bertz CT molecular complexity index is 712. The molecule has 4 rings (SSSR count). The number of nitrogens with zero attached hydrogens (tertiary/aromatic N) is 3. The van der Waals surface area contributed by atoms with Crippen LogP contribution in [0.1, 0.15) is 15.4 Å². The Morgan fingerprint density at radius 2 is 2.08 bits per heavy atom. The van der Waals surface area contributed by atoms with E-state index >= 15 is 0 Å². The van der Waals surface area contributed by atoms with Crippen molar-refractivity contribution in [2.45, 2.75) is 26.0 Å². The molecular formula is C18H21N3O2S. The van der Waals surface area contributed by atoms with Gasteiger partial charge in [0.15, 0.2) is 6.10 Å². The van der Waals surface area contributed by atoms with Crippen LogP contribution in [0.2, 0.25) is 0 Å². The van der Waals surface area contributed by atoms with Gasteiger partial charge in [0.05, 0.1) is 5.01 Å². The molecule has 0 N–H and O–H groups in total. The quantitative estimate of drug-likeness (QED) is 0.856. The average Bonchev–Trinajstić information content (AvgIpc) is 3.21. The fourth-order valence-electron chi connectivity index (χ4n) is 3.35. The van der Waals surface area contributed by atoms with E-state index in [9.17, 15) is 4.79 Å². The maximum absolute atomic E-state index is 12.7. The van der Waals surface area contributed by atoms with Crippen LogP contribution in [0.3, 0.4) is 0 Å². The second kappa shape index (κ2) is 6.53. The predicted molar refractivity (Wildman–Crippen MR) is 93.3 cm³/mol. The summed E-state index contributed by atoms with van der Waals surface area (Å²) in [5.74, 6) is 0.981. The lowest BCUT2D eigenvalue weighted by molar-refractivity contribution is -0.139. The molecule has 2 aliphatic rings. The van der Waals surface area contributed by atoms with E-state index < -0.39 is 0 Å². The standard InChI is InChI=1S/C18H21N3O2S/c1-13-19-11-15(24-13)12-20-6-8-21(9-7-20)18(22)17-10-14-4-2-3-5-16(14)23-17/h2-5,11,17H,6-10,12H2,1H3/t17-/m0/s1. The maximum atomic E-state index is 12.7. The van der Waals surface area contributed by atoms with Crippen LogP contribution in [0, 0.1) is 6.92 Å². The zero-order chi connectivity index (χ0) is 16.5. The van der Waals surface area contributed by atoms with Crippen molar-refractivity contribution in [2.75, 3.05) is 26.2 Å². The van der Waals surface area contributed by atoms with E-state index in [-0.39, 0.29) is 12.0 Å². The molecule has 0 spiro atoms. The minimum absolute atomic E-state index is 0.125. The molecule has 126 valence electrons. The number of fused-ring (bicyclic) bond motifs is 1. The second-order valence-electron chi connectivity index (χ2n) is 6.37. The molecular weight excluding hydrogens is 322 g/mol. The van der Waals surface area contributed by atoms with E-state index in [1.165, 1.54) is 4.88 Å². The lowest BCUT2D eigenvalue weighted by Crippen LogP contribution is -2.51. The number of aromatic nitrogens is 1. The van der Waals surface area contributed by atoms with Gasteiger partial charge < -0.3 is 9.64 Å². The molecule has 1 fully saturated rings. The number of hydrogen-bond acceptors (Lipinski definition) is 5. The van der Waals surface area contributed by atoms with Gasteiger partial charge in [-0.15, -0.1) is 11.3 Å². The minimum atomic E-state index is -0.349. The van der Waals surface area contributed by atoms with Crippen molar-refractivity contribution < 1.29 is 9.53 Å². The van der Waals surface area contributed by atoms with Crippen LogP contribution < -0.4 is 4.74 Å². The van der Waals surface area contributed by atoms with Gasteiger partial charge >= 0.3 is 0 Å². The van der Waals surface area contributed by atoms with Crippen LogP contribution in [-0.2, 0) is 17.8 Å². The summed E-state index contributed by atoms with van der Waals surface area (Å²) in [6, 6.07) is 7.93. The van der Waals surface area contributed by atoms with Crippen LogP contribution in [0.25, 0.3) is 0 Å². The largest absolute Gasteiger partial charge is 0.480 e. The van der Waals surface area contributed by atoms with Gasteiger partial charge in [0.25, 0.3) is 5.91 Å². The summed E-state index contributed by atoms with van der Waals surface area (Å²) in [5, 5.41) is 1.11. The zero-order valence-electron chi connectivity index (χ0n) is 13.8. The van der Waals surface area contributed by atoms with Crippen LogP contribution in [0.5, 0.6) is 5.75 Å². The molecule has 1 aromatic carbocycles. The maximum Gasteiger partial charge on any atom is 0.264 e. The molecule has 0 radical (unpaired) electrons. The number of amides is 1. The highest BCUT2D eigenvalue weighted by molar-refractivity contribution is 7.11. The van der Waals surface area contributed by atoms with E-state index in [4.69, 9.17) is 4.74 Å². The Labute approximate surface area is 145 Å². The van der Waals surface area contributed by atoms with E-state index in [2.05, 4.69) is 9.88 Å². The first-order chi connectivity index (χ1) is 11.7. The zero-order valence-corrected chi connectivity index (χ0v) is 14.6. The molecule has 2 aromatic rings. The van der Waals surface area contributed by atoms with Crippen molar-refractivity contribution in [3.05, 3.63) is 45.9 Å². The van der Waals surface area contributed by atoms with Crippen molar-refractivity contribution in [1.29, 1.82) is 0 Å². The summed E-state index contributed by atoms with van der Waals surface area (Å²) in [7, 11) is 0. The number of benzene rings is 1. The van der Waals surface area contributed by atoms with Crippen molar-refractivity contribution in [2.24, 2.45) is 0 Å². The van der Waals surface area contributed by atoms with E-state index in [0.717, 1.165) is 49.0 Å². The molecule has 1 saturated heterocycles. The fraction of sp³-hybridized carbons (Fsp3) is 0.444. The number of thiazole rings is 1. The molecule has 0 aliphatic carbocycles. The smallest absolute Gasteiger partial charge is 0.264 e. The number of aryl methyl sites for hydroxylation is 1. The van der Waals surface area contributed by atoms with Crippen LogP contribution in [-0.4, -0.2) is 53.0 Å². The molecule has 6 heteroatoms. The summed E-state index contributed by atoms with van der Waals surface area (Å²) < 4.78 is 5.84. The van der Waals surface area contributed by atoms with Crippen LogP contribution in [0.15, 0.2) is 30.5 Å². The number of rotatable bonds is 3. The second-order valence-corrected chi connectivity index (χ2v) is 7.68. The molecule has 1 aromatic heterocycles. The predicted octanol–water partition coefficient (Wildman–Crippen LogP) is 2.10. The van der Waals surface area contributed by atoms with Gasteiger partial charge in [-0.1, -0.05) is 18.2 Å². The normalized spacial score (nSPS) is 20.7. The summed E-state index contributed by atoms with van der Waals surface area (Å²) in [6.07, 6.45) is 2.30. The topological polar surface area (TPSA) is 45.7 Å². The van der Waals surface area contributed by atoms with Gasteiger partial charge in [0.2, 0.25) is 0 Å². The Morgan fingerprint density at radius 3 is 2.79 bits per heavy atom. The van der Waals surface area contributed by atoms with E-state index in [1.807, 2.05) is 42.3 Å². The van der Waals surface area contributed by atoms with Crippen molar-refractivity contribution in [3.8, 4) is 5.75 Å². The van der Waals surface area contributed by atoms with Crippen LogP contribution >= 0.6 is 11.3 Å². The highest BCUT2D eigenvalue weighted by atomic mass is 32.1.